The molecule has 0 amide bonds. The SMILES string of the molecule is CC(C1CNCCO1)n1ccnn1. The Morgan fingerprint density at radius 2 is 2.62 bits per heavy atom. The van der Waals surface area contributed by atoms with E-state index in [4.69, 9.17) is 4.74 Å². The van der Waals surface area contributed by atoms with Crippen LogP contribution in [-0.2, 0) is 4.74 Å². The maximum atomic E-state index is 5.61. The quantitative estimate of drug-likeness (QED) is 0.689. The van der Waals surface area contributed by atoms with Gasteiger partial charge >= 0.3 is 0 Å². The molecule has 1 saturated heterocycles. The zero-order valence-corrected chi connectivity index (χ0v) is 7.68. The van der Waals surface area contributed by atoms with E-state index in [2.05, 4.69) is 22.6 Å². The summed E-state index contributed by atoms with van der Waals surface area (Å²) in [6, 6.07) is 0.246. The van der Waals surface area contributed by atoms with E-state index in [0.717, 1.165) is 19.7 Å². The number of nitrogens with zero attached hydrogens (tertiary/aromatic N) is 3. The van der Waals surface area contributed by atoms with E-state index in [0.29, 0.717) is 0 Å². The smallest absolute Gasteiger partial charge is 0.0921 e. The fourth-order valence-corrected chi connectivity index (χ4v) is 1.50. The van der Waals surface area contributed by atoms with E-state index in [1.807, 2.05) is 10.9 Å². The molecule has 2 rings (SSSR count). The highest BCUT2D eigenvalue weighted by atomic mass is 16.5. The van der Waals surface area contributed by atoms with Crippen LogP contribution in [0.3, 0.4) is 0 Å². The van der Waals surface area contributed by atoms with Crippen molar-refractivity contribution in [2.45, 2.75) is 19.1 Å². The summed E-state index contributed by atoms with van der Waals surface area (Å²) in [4.78, 5) is 0. The van der Waals surface area contributed by atoms with Crippen LogP contribution in [0, 0.1) is 0 Å². The zero-order valence-electron chi connectivity index (χ0n) is 7.68. The van der Waals surface area contributed by atoms with Gasteiger partial charge in [-0.05, 0) is 6.92 Å². The number of hydrogen-bond acceptors (Lipinski definition) is 4. The molecular formula is C8H14N4O. The van der Waals surface area contributed by atoms with Gasteiger partial charge in [0.1, 0.15) is 0 Å². The first-order chi connectivity index (χ1) is 6.38. The van der Waals surface area contributed by atoms with E-state index < -0.39 is 0 Å². The first kappa shape index (κ1) is 8.65. The second kappa shape index (κ2) is 3.85. The number of aromatic nitrogens is 3. The fraction of sp³-hybridized carbons (Fsp3) is 0.750. The molecule has 0 bridgehead atoms. The van der Waals surface area contributed by atoms with Gasteiger partial charge in [0.05, 0.1) is 24.9 Å². The summed E-state index contributed by atoms with van der Waals surface area (Å²) in [5.74, 6) is 0. The minimum atomic E-state index is 0.204. The summed E-state index contributed by atoms with van der Waals surface area (Å²) in [6.45, 7) is 4.71. The lowest BCUT2D eigenvalue weighted by atomic mass is 10.1. The van der Waals surface area contributed by atoms with Crippen molar-refractivity contribution in [3.8, 4) is 0 Å². The normalized spacial score (nSPS) is 25.8. The Morgan fingerprint density at radius 3 is 3.23 bits per heavy atom. The van der Waals surface area contributed by atoms with Crippen LogP contribution in [0.1, 0.15) is 13.0 Å². The molecule has 0 saturated carbocycles. The second-order valence-electron chi connectivity index (χ2n) is 3.24. The van der Waals surface area contributed by atoms with Crippen molar-refractivity contribution < 1.29 is 4.74 Å². The maximum absolute atomic E-state index is 5.61. The highest BCUT2D eigenvalue weighted by Crippen LogP contribution is 2.13. The molecule has 2 unspecified atom stereocenters. The van der Waals surface area contributed by atoms with Crippen molar-refractivity contribution in [3.05, 3.63) is 12.4 Å². The number of hydrogen-bond donors (Lipinski definition) is 1. The summed E-state index contributed by atoms with van der Waals surface area (Å²) in [5.41, 5.74) is 0. The molecule has 1 aliphatic rings. The minimum Gasteiger partial charge on any atom is -0.373 e. The van der Waals surface area contributed by atoms with E-state index in [1.54, 1.807) is 6.20 Å². The number of rotatable bonds is 2. The predicted molar refractivity (Wildman–Crippen MR) is 47.3 cm³/mol. The average Bonchev–Trinajstić information content (AvgIpc) is 2.71. The summed E-state index contributed by atoms with van der Waals surface area (Å²) in [6.07, 6.45) is 3.76. The fourth-order valence-electron chi connectivity index (χ4n) is 1.50. The minimum absolute atomic E-state index is 0.204. The highest BCUT2D eigenvalue weighted by molar-refractivity contribution is 4.79. The first-order valence-corrected chi connectivity index (χ1v) is 4.56. The van der Waals surface area contributed by atoms with Crippen LogP contribution in [0.4, 0.5) is 0 Å². The average molecular weight is 182 g/mol. The summed E-state index contributed by atoms with van der Waals surface area (Å²) >= 11 is 0. The Morgan fingerprint density at radius 1 is 1.69 bits per heavy atom. The second-order valence-corrected chi connectivity index (χ2v) is 3.24. The lowest BCUT2D eigenvalue weighted by molar-refractivity contribution is -0.00360. The Bertz CT molecular complexity index is 243. The van der Waals surface area contributed by atoms with E-state index in [-0.39, 0.29) is 12.1 Å². The van der Waals surface area contributed by atoms with Crippen molar-refractivity contribution >= 4 is 0 Å². The Balaban J connectivity index is 1.99. The van der Waals surface area contributed by atoms with Gasteiger partial charge in [-0.25, -0.2) is 4.68 Å². The summed E-state index contributed by atoms with van der Waals surface area (Å²) in [7, 11) is 0. The van der Waals surface area contributed by atoms with Crippen molar-refractivity contribution in [2.24, 2.45) is 0 Å². The van der Waals surface area contributed by atoms with E-state index in [9.17, 15) is 0 Å². The first-order valence-electron chi connectivity index (χ1n) is 4.56. The van der Waals surface area contributed by atoms with Crippen LogP contribution in [0.15, 0.2) is 12.4 Å². The number of morpholine rings is 1. The van der Waals surface area contributed by atoms with Gasteiger partial charge in [-0.2, -0.15) is 0 Å². The van der Waals surface area contributed by atoms with Crippen molar-refractivity contribution in [2.75, 3.05) is 19.7 Å². The maximum Gasteiger partial charge on any atom is 0.0921 e. The lowest BCUT2D eigenvalue weighted by Gasteiger charge is -2.28. The van der Waals surface area contributed by atoms with Gasteiger partial charge in [0, 0.05) is 19.3 Å². The van der Waals surface area contributed by atoms with Crippen LogP contribution < -0.4 is 5.32 Å². The molecule has 0 spiro atoms. The monoisotopic (exact) mass is 182 g/mol. The Labute approximate surface area is 77.1 Å². The van der Waals surface area contributed by atoms with Gasteiger partial charge in [-0.3, -0.25) is 0 Å². The van der Waals surface area contributed by atoms with Gasteiger partial charge in [0.25, 0.3) is 0 Å². The molecule has 1 aromatic rings. The summed E-state index contributed by atoms with van der Waals surface area (Å²) in [5, 5.41) is 11.0. The third-order valence-electron chi connectivity index (χ3n) is 2.35. The van der Waals surface area contributed by atoms with Crippen molar-refractivity contribution in [3.63, 3.8) is 0 Å². The van der Waals surface area contributed by atoms with Crippen LogP contribution in [0.25, 0.3) is 0 Å². The molecule has 5 heteroatoms. The number of ether oxygens (including phenoxy) is 1. The Kier molecular flexibility index (Phi) is 2.56. The molecule has 2 atom stereocenters. The molecule has 1 aromatic heterocycles. The molecule has 1 aliphatic heterocycles. The zero-order chi connectivity index (χ0) is 9.10. The molecule has 72 valence electrons. The standard InChI is InChI=1S/C8H14N4O/c1-7(12-4-2-10-11-12)8-6-9-3-5-13-8/h2,4,7-9H,3,5-6H2,1H3. The van der Waals surface area contributed by atoms with Crippen molar-refractivity contribution in [1.82, 2.24) is 20.3 Å². The van der Waals surface area contributed by atoms with Gasteiger partial charge in [0.2, 0.25) is 0 Å². The molecule has 1 fully saturated rings. The molecule has 0 aromatic carbocycles. The third-order valence-corrected chi connectivity index (χ3v) is 2.35. The molecular weight excluding hydrogens is 168 g/mol. The van der Waals surface area contributed by atoms with Gasteiger partial charge < -0.3 is 10.1 Å². The number of nitrogens with one attached hydrogen (secondary N) is 1. The van der Waals surface area contributed by atoms with Gasteiger partial charge in [-0.1, -0.05) is 5.21 Å². The van der Waals surface area contributed by atoms with Crippen LogP contribution in [0.2, 0.25) is 0 Å². The Hall–Kier alpha value is -0.940. The highest BCUT2D eigenvalue weighted by Gasteiger charge is 2.22. The largest absolute Gasteiger partial charge is 0.373 e. The topological polar surface area (TPSA) is 52.0 Å². The van der Waals surface area contributed by atoms with Crippen molar-refractivity contribution in [1.29, 1.82) is 0 Å². The predicted octanol–water partition coefficient (Wildman–Crippen LogP) is -0.173. The lowest BCUT2D eigenvalue weighted by Crippen LogP contribution is -2.42. The third kappa shape index (κ3) is 1.87. The van der Waals surface area contributed by atoms with Crippen LogP contribution in [0.5, 0.6) is 0 Å². The molecule has 0 aliphatic carbocycles. The molecule has 1 N–H and O–H groups in total. The van der Waals surface area contributed by atoms with E-state index in [1.165, 1.54) is 0 Å². The van der Waals surface area contributed by atoms with E-state index >= 15 is 0 Å². The molecule has 5 nitrogen and oxygen atoms in total. The van der Waals surface area contributed by atoms with Gasteiger partial charge in [0.15, 0.2) is 0 Å². The summed E-state index contributed by atoms with van der Waals surface area (Å²) < 4.78 is 7.44. The van der Waals surface area contributed by atoms with Crippen LogP contribution in [-0.4, -0.2) is 40.8 Å². The molecule has 2 heterocycles. The van der Waals surface area contributed by atoms with Crippen LogP contribution >= 0.6 is 0 Å². The molecule has 13 heavy (non-hydrogen) atoms. The van der Waals surface area contributed by atoms with Gasteiger partial charge in [-0.15, -0.1) is 5.10 Å². The molecule has 0 radical (unpaired) electrons.